The Morgan fingerprint density at radius 2 is 1.92 bits per heavy atom. The number of amides is 1. The highest BCUT2D eigenvalue weighted by atomic mass is 16.2. The van der Waals surface area contributed by atoms with E-state index in [4.69, 9.17) is 0 Å². The van der Waals surface area contributed by atoms with Gasteiger partial charge in [-0.15, -0.1) is 0 Å². The summed E-state index contributed by atoms with van der Waals surface area (Å²) in [6.45, 7) is 3.91. The zero-order valence-electron chi connectivity index (χ0n) is 16.7. The van der Waals surface area contributed by atoms with Crippen LogP contribution in [0.4, 0.5) is 0 Å². The highest BCUT2D eigenvalue weighted by molar-refractivity contribution is 5.79. The second-order valence-corrected chi connectivity index (χ2v) is 8.45. The Morgan fingerprint density at radius 3 is 2.65 bits per heavy atom. The van der Waals surface area contributed by atoms with E-state index in [9.17, 15) is 4.79 Å². The molecular weight excluding hydrogens is 324 g/mol. The van der Waals surface area contributed by atoms with Crippen molar-refractivity contribution in [2.75, 3.05) is 33.7 Å². The number of hydrogen-bond donors (Lipinski definition) is 0. The lowest BCUT2D eigenvalue weighted by Crippen LogP contribution is -2.42. The van der Waals surface area contributed by atoms with Gasteiger partial charge in [0.1, 0.15) is 5.82 Å². The molecule has 5 nitrogen and oxygen atoms in total. The van der Waals surface area contributed by atoms with Gasteiger partial charge < -0.3 is 14.4 Å². The van der Waals surface area contributed by atoms with Crippen LogP contribution in [-0.4, -0.2) is 59.0 Å². The zero-order chi connectivity index (χ0) is 18.4. The Morgan fingerprint density at radius 1 is 1.15 bits per heavy atom. The highest BCUT2D eigenvalue weighted by Gasteiger charge is 2.31. The fraction of sp³-hybridized carbons (Fsp3) is 0.810. The summed E-state index contributed by atoms with van der Waals surface area (Å²) in [4.78, 5) is 22.1. The van der Waals surface area contributed by atoms with E-state index in [1.165, 1.54) is 31.5 Å². The van der Waals surface area contributed by atoms with E-state index >= 15 is 0 Å². The lowest BCUT2D eigenvalue weighted by Gasteiger charge is -2.35. The largest absolute Gasteiger partial charge is 0.342 e. The number of piperidine rings is 1. The van der Waals surface area contributed by atoms with Crippen molar-refractivity contribution in [3.8, 4) is 0 Å². The first kappa shape index (κ1) is 19.4. The van der Waals surface area contributed by atoms with Crippen LogP contribution in [0, 0.1) is 5.92 Å². The molecule has 2 fully saturated rings. The maximum atomic E-state index is 13.0. The molecule has 1 aromatic rings. The minimum Gasteiger partial charge on any atom is -0.342 e. The van der Waals surface area contributed by atoms with Gasteiger partial charge in [0.2, 0.25) is 5.91 Å². The van der Waals surface area contributed by atoms with Crippen molar-refractivity contribution in [2.45, 2.75) is 70.3 Å². The number of rotatable bonds is 6. The molecule has 1 atom stereocenters. The van der Waals surface area contributed by atoms with E-state index < -0.39 is 0 Å². The van der Waals surface area contributed by atoms with Gasteiger partial charge in [-0.05, 0) is 52.7 Å². The van der Waals surface area contributed by atoms with Crippen molar-refractivity contribution in [3.05, 3.63) is 18.2 Å². The number of aromatic nitrogens is 2. The predicted octanol–water partition coefficient (Wildman–Crippen LogP) is 3.51. The van der Waals surface area contributed by atoms with Gasteiger partial charge in [0.15, 0.2) is 0 Å². The summed E-state index contributed by atoms with van der Waals surface area (Å²) < 4.78 is 2.31. The van der Waals surface area contributed by atoms with Gasteiger partial charge in [-0.3, -0.25) is 4.79 Å². The third kappa shape index (κ3) is 5.09. The number of likely N-dealkylation sites (tertiary alicyclic amines) is 1. The SMILES string of the molecule is CN(C)CCCn1ccnc1C1CCCN(C(=O)C2CCCCCC2)C1. The summed E-state index contributed by atoms with van der Waals surface area (Å²) in [7, 11) is 4.24. The summed E-state index contributed by atoms with van der Waals surface area (Å²) in [6, 6.07) is 0. The minimum atomic E-state index is 0.274. The summed E-state index contributed by atoms with van der Waals surface area (Å²) in [5.74, 6) is 2.27. The van der Waals surface area contributed by atoms with Crippen LogP contribution in [0.1, 0.15) is 69.5 Å². The molecule has 2 aliphatic rings. The maximum absolute atomic E-state index is 13.0. The van der Waals surface area contributed by atoms with E-state index in [1.54, 1.807) is 0 Å². The smallest absolute Gasteiger partial charge is 0.225 e. The third-order valence-electron chi connectivity index (χ3n) is 6.05. The molecule has 0 N–H and O–H groups in total. The van der Waals surface area contributed by atoms with Crippen LogP contribution in [-0.2, 0) is 11.3 Å². The first-order valence-corrected chi connectivity index (χ1v) is 10.6. The van der Waals surface area contributed by atoms with E-state index in [0.717, 1.165) is 58.3 Å². The molecule has 2 heterocycles. The molecule has 1 saturated carbocycles. The fourth-order valence-electron chi connectivity index (χ4n) is 4.60. The van der Waals surface area contributed by atoms with Gasteiger partial charge in [0, 0.05) is 43.9 Å². The average molecular weight is 361 g/mol. The van der Waals surface area contributed by atoms with Crippen LogP contribution in [0.2, 0.25) is 0 Å². The molecule has 1 saturated heterocycles. The third-order valence-corrected chi connectivity index (χ3v) is 6.05. The number of imidazole rings is 1. The van der Waals surface area contributed by atoms with Crippen LogP contribution >= 0.6 is 0 Å². The van der Waals surface area contributed by atoms with Gasteiger partial charge in [0.25, 0.3) is 0 Å². The lowest BCUT2D eigenvalue weighted by atomic mass is 9.93. The summed E-state index contributed by atoms with van der Waals surface area (Å²) in [5, 5.41) is 0. The van der Waals surface area contributed by atoms with Gasteiger partial charge in [-0.25, -0.2) is 4.98 Å². The van der Waals surface area contributed by atoms with Crippen LogP contribution in [0.5, 0.6) is 0 Å². The topological polar surface area (TPSA) is 41.4 Å². The normalized spacial score (nSPS) is 22.6. The zero-order valence-corrected chi connectivity index (χ0v) is 16.7. The van der Waals surface area contributed by atoms with Crippen LogP contribution in [0.15, 0.2) is 12.4 Å². The Kier molecular flexibility index (Phi) is 7.12. The Balaban J connectivity index is 1.59. The molecular formula is C21H36N4O. The Labute approximate surface area is 158 Å². The highest BCUT2D eigenvalue weighted by Crippen LogP contribution is 2.30. The standard InChI is InChI=1S/C21H36N4O/c1-23(2)13-8-15-24-16-12-22-20(24)19-11-7-14-25(17-19)21(26)18-9-5-3-4-6-10-18/h12,16,18-19H,3-11,13-15,17H2,1-2H3. The number of carbonyl (C=O) groups is 1. The van der Waals surface area contributed by atoms with E-state index in [-0.39, 0.29) is 5.92 Å². The van der Waals surface area contributed by atoms with Gasteiger partial charge in [-0.1, -0.05) is 25.7 Å². The summed E-state index contributed by atoms with van der Waals surface area (Å²) in [5.41, 5.74) is 0. The molecule has 0 bridgehead atoms. The van der Waals surface area contributed by atoms with Crippen molar-refractivity contribution < 1.29 is 4.79 Å². The second kappa shape index (κ2) is 9.54. The van der Waals surface area contributed by atoms with Gasteiger partial charge in [0.05, 0.1) is 0 Å². The quantitative estimate of drug-likeness (QED) is 0.729. The van der Waals surface area contributed by atoms with Crippen molar-refractivity contribution in [1.29, 1.82) is 0 Å². The average Bonchev–Trinajstić information content (AvgIpc) is 2.94. The fourth-order valence-corrected chi connectivity index (χ4v) is 4.60. The molecule has 146 valence electrons. The lowest BCUT2D eigenvalue weighted by molar-refractivity contribution is -0.137. The van der Waals surface area contributed by atoms with Crippen molar-refractivity contribution in [2.24, 2.45) is 5.92 Å². The van der Waals surface area contributed by atoms with Crippen LogP contribution in [0.3, 0.4) is 0 Å². The molecule has 3 rings (SSSR count). The van der Waals surface area contributed by atoms with Crippen molar-refractivity contribution >= 4 is 5.91 Å². The molecule has 0 aromatic carbocycles. The van der Waals surface area contributed by atoms with E-state index in [2.05, 4.69) is 39.6 Å². The monoisotopic (exact) mass is 360 g/mol. The number of nitrogens with zero attached hydrogens (tertiary/aromatic N) is 4. The molecule has 1 unspecified atom stereocenters. The minimum absolute atomic E-state index is 0.274. The van der Waals surface area contributed by atoms with Crippen LogP contribution < -0.4 is 0 Å². The number of carbonyl (C=O) groups excluding carboxylic acids is 1. The second-order valence-electron chi connectivity index (χ2n) is 8.45. The summed E-state index contributed by atoms with van der Waals surface area (Å²) >= 11 is 0. The molecule has 1 aliphatic carbocycles. The molecule has 0 spiro atoms. The van der Waals surface area contributed by atoms with Gasteiger partial charge >= 0.3 is 0 Å². The predicted molar refractivity (Wildman–Crippen MR) is 105 cm³/mol. The van der Waals surface area contributed by atoms with Crippen LogP contribution in [0.25, 0.3) is 0 Å². The maximum Gasteiger partial charge on any atom is 0.225 e. The molecule has 1 aliphatic heterocycles. The number of hydrogen-bond acceptors (Lipinski definition) is 3. The van der Waals surface area contributed by atoms with Gasteiger partial charge in [-0.2, -0.15) is 0 Å². The first-order valence-electron chi connectivity index (χ1n) is 10.6. The Bertz CT molecular complexity index is 560. The van der Waals surface area contributed by atoms with Crippen molar-refractivity contribution in [3.63, 3.8) is 0 Å². The van der Waals surface area contributed by atoms with E-state index in [1.807, 2.05) is 6.20 Å². The Hall–Kier alpha value is -1.36. The number of aryl methyl sites for hydroxylation is 1. The molecule has 1 amide bonds. The molecule has 5 heteroatoms. The first-order chi connectivity index (χ1) is 12.6. The molecule has 1 aromatic heterocycles. The summed E-state index contributed by atoms with van der Waals surface area (Å²) in [6.07, 6.45) is 14.7. The van der Waals surface area contributed by atoms with E-state index in [0.29, 0.717) is 11.8 Å². The molecule has 26 heavy (non-hydrogen) atoms. The van der Waals surface area contributed by atoms with Crippen molar-refractivity contribution in [1.82, 2.24) is 19.4 Å². The molecule has 0 radical (unpaired) electrons.